The van der Waals surface area contributed by atoms with Crippen LogP contribution in [0.2, 0.25) is 5.02 Å². The van der Waals surface area contributed by atoms with Gasteiger partial charge in [-0.1, -0.05) is 48.9 Å². The lowest BCUT2D eigenvalue weighted by Crippen LogP contribution is -2.41. The molecule has 29 heavy (non-hydrogen) atoms. The number of carbonyl (C=O) groups is 1. The third-order valence-corrected chi connectivity index (χ3v) is 6.65. The number of benzene rings is 2. The molecule has 2 aromatic carbocycles. The van der Waals surface area contributed by atoms with Gasteiger partial charge in [-0.15, -0.1) is 0 Å². The second-order valence-corrected chi connectivity index (χ2v) is 8.71. The molecule has 9 heteroatoms. The van der Waals surface area contributed by atoms with Gasteiger partial charge in [-0.25, -0.2) is 8.42 Å². The topological polar surface area (TPSA) is 95.9 Å². The number of hydrogen-bond donors (Lipinski definition) is 2. The summed E-state index contributed by atoms with van der Waals surface area (Å²) >= 11 is 6.22. The van der Waals surface area contributed by atoms with E-state index in [-0.39, 0.29) is 40.4 Å². The number of amides is 1. The number of rotatable bonds is 9. The SMILES string of the molecule is CC[C@@H](CO)N(Cc1ccccc1)S(=O)(=O)c1cc(Cl)c(NC(C)=O)cc1OC. The summed E-state index contributed by atoms with van der Waals surface area (Å²) < 4.78 is 33.6. The number of aliphatic hydroxyl groups is 1. The van der Waals surface area contributed by atoms with Crippen LogP contribution in [0.3, 0.4) is 0 Å². The first-order chi connectivity index (χ1) is 13.7. The maximum absolute atomic E-state index is 13.6. The second kappa shape index (κ2) is 10.1. The van der Waals surface area contributed by atoms with E-state index in [1.54, 1.807) is 6.92 Å². The Balaban J connectivity index is 2.58. The van der Waals surface area contributed by atoms with Crippen molar-refractivity contribution < 1.29 is 23.1 Å². The molecule has 7 nitrogen and oxygen atoms in total. The van der Waals surface area contributed by atoms with Crippen LogP contribution >= 0.6 is 11.6 Å². The molecule has 2 aromatic rings. The fourth-order valence-corrected chi connectivity index (χ4v) is 5.02. The van der Waals surface area contributed by atoms with Crippen molar-refractivity contribution in [3.8, 4) is 5.75 Å². The average Bonchev–Trinajstić information content (AvgIpc) is 2.69. The number of hydrogen-bond acceptors (Lipinski definition) is 5. The van der Waals surface area contributed by atoms with Gasteiger partial charge in [0, 0.05) is 25.6 Å². The van der Waals surface area contributed by atoms with Gasteiger partial charge in [0.2, 0.25) is 15.9 Å². The zero-order valence-electron chi connectivity index (χ0n) is 16.6. The Kier molecular flexibility index (Phi) is 8.04. The van der Waals surface area contributed by atoms with E-state index in [1.807, 2.05) is 30.3 Å². The van der Waals surface area contributed by atoms with Gasteiger partial charge in [0.05, 0.1) is 24.4 Å². The summed E-state index contributed by atoms with van der Waals surface area (Å²) in [4.78, 5) is 11.2. The lowest BCUT2D eigenvalue weighted by molar-refractivity contribution is -0.114. The maximum Gasteiger partial charge on any atom is 0.247 e. The molecule has 0 aliphatic heterocycles. The van der Waals surface area contributed by atoms with Crippen LogP contribution in [0.5, 0.6) is 5.75 Å². The maximum atomic E-state index is 13.6. The van der Waals surface area contributed by atoms with Gasteiger partial charge < -0.3 is 15.2 Å². The Morgan fingerprint density at radius 2 is 1.93 bits per heavy atom. The zero-order chi connectivity index (χ0) is 21.6. The molecule has 0 saturated carbocycles. The van der Waals surface area contributed by atoms with Crippen LogP contribution in [-0.4, -0.2) is 43.5 Å². The van der Waals surface area contributed by atoms with Gasteiger partial charge in [0.15, 0.2) is 0 Å². The monoisotopic (exact) mass is 440 g/mol. The molecule has 0 aliphatic carbocycles. The molecule has 2 rings (SSSR count). The summed E-state index contributed by atoms with van der Waals surface area (Å²) in [6.07, 6.45) is 0.419. The van der Waals surface area contributed by atoms with Crippen molar-refractivity contribution in [3.63, 3.8) is 0 Å². The second-order valence-electron chi connectivity index (χ2n) is 6.44. The van der Waals surface area contributed by atoms with Crippen molar-refractivity contribution in [2.75, 3.05) is 19.0 Å². The molecule has 0 radical (unpaired) electrons. The number of carbonyl (C=O) groups excluding carboxylic acids is 1. The van der Waals surface area contributed by atoms with Gasteiger partial charge >= 0.3 is 0 Å². The zero-order valence-corrected chi connectivity index (χ0v) is 18.1. The highest BCUT2D eigenvalue weighted by Gasteiger charge is 2.33. The van der Waals surface area contributed by atoms with Crippen LogP contribution in [0.15, 0.2) is 47.4 Å². The number of ether oxygens (including phenoxy) is 1. The first-order valence-corrected chi connectivity index (χ1v) is 10.9. The summed E-state index contributed by atoms with van der Waals surface area (Å²) in [5.41, 5.74) is 1.03. The largest absolute Gasteiger partial charge is 0.495 e. The fraction of sp³-hybridized carbons (Fsp3) is 0.350. The minimum absolute atomic E-state index is 0.0454. The average molecular weight is 441 g/mol. The van der Waals surface area contributed by atoms with E-state index >= 15 is 0 Å². The van der Waals surface area contributed by atoms with Crippen LogP contribution in [0.1, 0.15) is 25.8 Å². The Morgan fingerprint density at radius 3 is 2.45 bits per heavy atom. The van der Waals surface area contributed by atoms with E-state index in [9.17, 15) is 18.3 Å². The van der Waals surface area contributed by atoms with E-state index in [0.29, 0.717) is 6.42 Å². The lowest BCUT2D eigenvalue weighted by Gasteiger charge is -2.30. The molecule has 0 aromatic heterocycles. The van der Waals surface area contributed by atoms with Crippen LogP contribution < -0.4 is 10.1 Å². The lowest BCUT2D eigenvalue weighted by atomic mass is 10.2. The molecule has 2 N–H and O–H groups in total. The summed E-state index contributed by atoms with van der Waals surface area (Å²) in [7, 11) is -2.74. The van der Waals surface area contributed by atoms with Gasteiger partial charge in [0.1, 0.15) is 10.6 Å². The van der Waals surface area contributed by atoms with Gasteiger partial charge in [-0.3, -0.25) is 4.79 Å². The molecule has 0 bridgehead atoms. The number of halogens is 1. The molecule has 0 saturated heterocycles. The number of aliphatic hydroxyl groups excluding tert-OH is 1. The number of nitrogens with zero attached hydrogens (tertiary/aromatic N) is 1. The van der Waals surface area contributed by atoms with E-state index in [2.05, 4.69) is 5.32 Å². The molecule has 1 atom stereocenters. The number of sulfonamides is 1. The third-order valence-electron chi connectivity index (χ3n) is 4.42. The Labute approximate surface area is 176 Å². The highest BCUT2D eigenvalue weighted by Crippen LogP contribution is 2.36. The van der Waals surface area contributed by atoms with E-state index < -0.39 is 16.1 Å². The molecule has 1 amide bonds. The van der Waals surface area contributed by atoms with E-state index in [0.717, 1.165) is 5.56 Å². The van der Waals surface area contributed by atoms with Crippen LogP contribution in [-0.2, 0) is 21.4 Å². The molecule has 158 valence electrons. The van der Waals surface area contributed by atoms with Gasteiger partial charge in [-0.2, -0.15) is 4.31 Å². The molecular weight excluding hydrogens is 416 g/mol. The summed E-state index contributed by atoms with van der Waals surface area (Å²) in [5, 5.41) is 12.4. The van der Waals surface area contributed by atoms with Crippen molar-refractivity contribution in [2.45, 2.75) is 37.8 Å². The molecular formula is C20H25ClN2O5S. The molecule has 0 spiro atoms. The number of nitrogens with one attached hydrogen (secondary N) is 1. The minimum atomic E-state index is -4.08. The first kappa shape index (κ1) is 23.2. The predicted octanol–water partition coefficient (Wildman–Crippen LogP) is 3.27. The standard InChI is InChI=1S/C20H25ClN2O5S/c1-4-16(13-24)23(12-15-8-6-5-7-9-15)29(26,27)20-10-17(21)18(22-14(2)25)11-19(20)28-3/h5-11,16,24H,4,12-13H2,1-3H3,(H,22,25)/t16-/m0/s1. The number of methoxy groups -OCH3 is 1. The highest BCUT2D eigenvalue weighted by atomic mass is 35.5. The van der Waals surface area contributed by atoms with Crippen molar-refractivity contribution in [1.29, 1.82) is 0 Å². The van der Waals surface area contributed by atoms with Crippen LogP contribution in [0.4, 0.5) is 5.69 Å². The van der Waals surface area contributed by atoms with Crippen LogP contribution in [0, 0.1) is 0 Å². The minimum Gasteiger partial charge on any atom is -0.495 e. The molecule has 0 unspecified atom stereocenters. The molecule has 0 fully saturated rings. The Morgan fingerprint density at radius 1 is 1.28 bits per heavy atom. The van der Waals surface area contributed by atoms with Gasteiger partial charge in [0.25, 0.3) is 0 Å². The van der Waals surface area contributed by atoms with Crippen LogP contribution in [0.25, 0.3) is 0 Å². The third kappa shape index (κ3) is 5.48. The van der Waals surface area contributed by atoms with E-state index in [1.165, 1.54) is 30.5 Å². The highest BCUT2D eigenvalue weighted by molar-refractivity contribution is 7.89. The summed E-state index contributed by atoms with van der Waals surface area (Å²) in [6.45, 7) is 2.87. The molecule has 0 heterocycles. The molecule has 0 aliphatic rings. The summed E-state index contributed by atoms with van der Waals surface area (Å²) in [5.74, 6) is -0.300. The number of anilines is 1. The van der Waals surface area contributed by atoms with Crippen molar-refractivity contribution in [3.05, 3.63) is 53.1 Å². The van der Waals surface area contributed by atoms with E-state index in [4.69, 9.17) is 16.3 Å². The normalized spacial score (nSPS) is 12.6. The fourth-order valence-electron chi connectivity index (χ4n) is 2.91. The van der Waals surface area contributed by atoms with Crippen molar-refractivity contribution in [2.24, 2.45) is 0 Å². The summed E-state index contributed by atoms with van der Waals surface area (Å²) in [6, 6.07) is 11.1. The quantitative estimate of drug-likeness (QED) is 0.623. The van der Waals surface area contributed by atoms with Crippen molar-refractivity contribution in [1.82, 2.24) is 4.31 Å². The predicted molar refractivity (Wildman–Crippen MR) is 113 cm³/mol. The smallest absolute Gasteiger partial charge is 0.247 e. The first-order valence-electron chi connectivity index (χ1n) is 9.06. The Bertz CT molecular complexity index is 947. The Hall–Kier alpha value is -2.13. The van der Waals surface area contributed by atoms with Crippen molar-refractivity contribution >= 4 is 33.2 Å². The van der Waals surface area contributed by atoms with Gasteiger partial charge in [-0.05, 0) is 18.1 Å².